The van der Waals surface area contributed by atoms with E-state index in [0.717, 1.165) is 16.5 Å². The van der Waals surface area contributed by atoms with Crippen molar-refractivity contribution in [3.05, 3.63) is 54.2 Å². The lowest BCUT2D eigenvalue weighted by molar-refractivity contribution is -0.142. The monoisotopic (exact) mass is 543 g/mol. The van der Waals surface area contributed by atoms with Gasteiger partial charge in [0.25, 0.3) is 0 Å². The largest absolute Gasteiger partial charge is 0.480 e. The number of carbonyl (C=O) groups is 4. The molecule has 0 saturated heterocycles. The number of nitrogens with one attached hydrogen (secondary N) is 5. The highest BCUT2D eigenvalue weighted by atomic mass is 32.2. The highest BCUT2D eigenvalue weighted by molar-refractivity contribution is 7.98. The minimum atomic E-state index is -1.25. The number of thioether (sulfide) groups is 1. The number of nitrogens with zero attached hydrogens (tertiary/aromatic N) is 1. The Morgan fingerprint density at radius 3 is 2.34 bits per heavy atom. The van der Waals surface area contributed by atoms with E-state index in [1.807, 2.05) is 30.5 Å². The number of H-pyrrole nitrogens is 2. The number of imidazole rings is 1. The van der Waals surface area contributed by atoms with Crippen molar-refractivity contribution in [1.29, 1.82) is 0 Å². The number of benzene rings is 1. The summed E-state index contributed by atoms with van der Waals surface area (Å²) >= 11 is 1.51. The molecule has 8 N–H and O–H groups in total. The summed E-state index contributed by atoms with van der Waals surface area (Å²) in [6, 6.07) is 3.41. The Bertz CT molecular complexity index is 1240. The quantitative estimate of drug-likeness (QED) is 0.151. The highest BCUT2D eigenvalue weighted by Gasteiger charge is 2.31. The molecule has 0 bridgehead atoms. The summed E-state index contributed by atoms with van der Waals surface area (Å²) in [5.74, 6) is -2.37. The maximum atomic E-state index is 13.4. The number of rotatable bonds is 14. The summed E-state index contributed by atoms with van der Waals surface area (Å²) in [5, 5.41) is 18.5. The Morgan fingerprint density at radius 2 is 1.68 bits per heavy atom. The lowest BCUT2D eigenvalue weighted by Crippen LogP contribution is -2.57. The van der Waals surface area contributed by atoms with Gasteiger partial charge in [-0.15, -0.1) is 0 Å². The number of aromatic nitrogens is 3. The molecule has 4 unspecified atom stereocenters. The molecular formula is C25H33N7O5S. The maximum Gasteiger partial charge on any atom is 0.326 e. The summed E-state index contributed by atoms with van der Waals surface area (Å²) in [5.41, 5.74) is 7.82. The topological polar surface area (TPSA) is 195 Å². The van der Waals surface area contributed by atoms with E-state index in [1.54, 1.807) is 6.20 Å². The Hall–Kier alpha value is -3.84. The van der Waals surface area contributed by atoms with Crippen LogP contribution in [0.4, 0.5) is 0 Å². The fourth-order valence-electron chi connectivity index (χ4n) is 3.90. The number of carboxylic acids is 1. The molecule has 3 aromatic rings. The second-order valence-corrected chi connectivity index (χ2v) is 9.92. The summed E-state index contributed by atoms with van der Waals surface area (Å²) in [6.07, 6.45) is 6.92. The van der Waals surface area contributed by atoms with Crippen LogP contribution >= 0.6 is 11.8 Å². The van der Waals surface area contributed by atoms with Crippen LogP contribution in [0.2, 0.25) is 0 Å². The van der Waals surface area contributed by atoms with Crippen molar-refractivity contribution in [2.24, 2.45) is 5.73 Å². The van der Waals surface area contributed by atoms with Gasteiger partial charge in [0, 0.05) is 41.8 Å². The number of carbonyl (C=O) groups excluding carboxylic acids is 3. The van der Waals surface area contributed by atoms with Crippen molar-refractivity contribution < 1.29 is 24.3 Å². The van der Waals surface area contributed by atoms with E-state index in [2.05, 4.69) is 30.9 Å². The van der Waals surface area contributed by atoms with Gasteiger partial charge in [-0.25, -0.2) is 9.78 Å². The lowest BCUT2D eigenvalue weighted by Gasteiger charge is -2.25. The van der Waals surface area contributed by atoms with Gasteiger partial charge in [-0.05, 0) is 37.0 Å². The van der Waals surface area contributed by atoms with Crippen LogP contribution in [0.25, 0.3) is 10.9 Å². The smallest absolute Gasteiger partial charge is 0.326 e. The SMILES string of the molecule is CSCCC(NC(=O)C(C)N)C(=O)NC(Cc1c[nH]c2ccccc12)C(=O)NC(Cc1cnc[nH]1)C(=O)O. The molecule has 0 saturated carbocycles. The highest BCUT2D eigenvalue weighted by Crippen LogP contribution is 2.19. The molecule has 38 heavy (non-hydrogen) atoms. The van der Waals surface area contributed by atoms with E-state index in [9.17, 15) is 24.3 Å². The molecule has 12 nitrogen and oxygen atoms in total. The first kappa shape index (κ1) is 28.7. The average molecular weight is 544 g/mol. The first-order valence-electron chi connectivity index (χ1n) is 12.1. The Morgan fingerprint density at radius 1 is 1.00 bits per heavy atom. The molecule has 0 aliphatic heterocycles. The van der Waals surface area contributed by atoms with Gasteiger partial charge in [-0.2, -0.15) is 11.8 Å². The first-order chi connectivity index (χ1) is 18.2. The summed E-state index contributed by atoms with van der Waals surface area (Å²) in [7, 11) is 0. The number of carboxylic acid groups (broad SMARTS) is 1. The summed E-state index contributed by atoms with van der Waals surface area (Å²) < 4.78 is 0. The van der Waals surface area contributed by atoms with Crippen molar-refractivity contribution in [2.45, 2.75) is 50.4 Å². The van der Waals surface area contributed by atoms with E-state index < -0.39 is 47.9 Å². The van der Waals surface area contributed by atoms with Gasteiger partial charge >= 0.3 is 5.97 Å². The number of hydrogen-bond donors (Lipinski definition) is 7. The second-order valence-electron chi connectivity index (χ2n) is 8.94. The van der Waals surface area contributed by atoms with Gasteiger partial charge in [-0.3, -0.25) is 14.4 Å². The number of para-hydroxylation sites is 1. The molecule has 0 fully saturated rings. The van der Waals surface area contributed by atoms with Crippen LogP contribution in [-0.2, 0) is 32.0 Å². The van der Waals surface area contributed by atoms with E-state index in [4.69, 9.17) is 5.73 Å². The third-order valence-electron chi connectivity index (χ3n) is 5.98. The second kappa shape index (κ2) is 13.6. The number of fused-ring (bicyclic) bond motifs is 1. The average Bonchev–Trinajstić information content (AvgIpc) is 3.55. The molecule has 0 radical (unpaired) electrons. The molecule has 3 rings (SSSR count). The maximum absolute atomic E-state index is 13.4. The zero-order valence-electron chi connectivity index (χ0n) is 21.2. The molecule has 0 spiro atoms. The third-order valence-corrected chi connectivity index (χ3v) is 6.63. The molecule has 0 aliphatic rings. The predicted molar refractivity (Wildman–Crippen MR) is 144 cm³/mol. The molecule has 13 heteroatoms. The molecular weight excluding hydrogens is 510 g/mol. The summed E-state index contributed by atoms with van der Waals surface area (Å²) in [4.78, 5) is 60.7. The zero-order chi connectivity index (χ0) is 27.7. The fourth-order valence-corrected chi connectivity index (χ4v) is 4.37. The van der Waals surface area contributed by atoms with Gasteiger partial charge in [0.1, 0.15) is 18.1 Å². The standard InChI is InChI=1S/C25H33N7O5S/c1-14(26)22(33)30-19(7-8-38-2)23(34)31-20(9-15-11-28-18-6-4-3-5-17(15)18)24(35)32-21(25(36)37)10-16-12-27-13-29-16/h3-6,11-14,19-21,28H,7-10,26H2,1-2H3,(H,27,29)(H,30,33)(H,31,34)(H,32,35)(H,36,37). The van der Waals surface area contributed by atoms with E-state index in [0.29, 0.717) is 17.9 Å². The number of hydrogen-bond acceptors (Lipinski definition) is 7. The lowest BCUT2D eigenvalue weighted by atomic mass is 10.0. The molecule has 4 atom stereocenters. The number of aromatic amines is 2. The van der Waals surface area contributed by atoms with Crippen molar-refractivity contribution in [2.75, 3.05) is 12.0 Å². The van der Waals surface area contributed by atoms with Gasteiger partial charge in [0.05, 0.1) is 12.4 Å². The van der Waals surface area contributed by atoms with Crippen LogP contribution < -0.4 is 21.7 Å². The van der Waals surface area contributed by atoms with Crippen molar-refractivity contribution >= 4 is 46.4 Å². The van der Waals surface area contributed by atoms with E-state index in [-0.39, 0.29) is 12.8 Å². The molecule has 204 valence electrons. The number of aliphatic carboxylic acids is 1. The van der Waals surface area contributed by atoms with Crippen LogP contribution in [-0.4, -0.2) is 79.9 Å². The Kier molecular flexibility index (Phi) is 10.3. The molecule has 0 aliphatic carbocycles. The van der Waals surface area contributed by atoms with Crippen LogP contribution in [0.15, 0.2) is 43.0 Å². The van der Waals surface area contributed by atoms with Crippen molar-refractivity contribution in [3.8, 4) is 0 Å². The third kappa shape index (κ3) is 7.83. The van der Waals surface area contributed by atoms with Crippen LogP contribution in [0.5, 0.6) is 0 Å². The number of amides is 3. The van der Waals surface area contributed by atoms with E-state index >= 15 is 0 Å². The zero-order valence-corrected chi connectivity index (χ0v) is 22.0. The van der Waals surface area contributed by atoms with E-state index in [1.165, 1.54) is 31.2 Å². The van der Waals surface area contributed by atoms with Crippen LogP contribution in [0.3, 0.4) is 0 Å². The van der Waals surface area contributed by atoms with Crippen LogP contribution in [0, 0.1) is 0 Å². The van der Waals surface area contributed by atoms with Gasteiger partial charge < -0.3 is 36.8 Å². The van der Waals surface area contributed by atoms with Crippen molar-refractivity contribution in [3.63, 3.8) is 0 Å². The minimum Gasteiger partial charge on any atom is -0.480 e. The summed E-state index contributed by atoms with van der Waals surface area (Å²) in [6.45, 7) is 1.51. The van der Waals surface area contributed by atoms with Gasteiger partial charge in [-0.1, -0.05) is 18.2 Å². The fraction of sp³-hybridized carbons (Fsp3) is 0.400. The predicted octanol–water partition coefficient (Wildman–Crippen LogP) is 0.316. The molecule has 2 aromatic heterocycles. The first-order valence-corrected chi connectivity index (χ1v) is 13.5. The molecule has 1 aromatic carbocycles. The van der Waals surface area contributed by atoms with Crippen molar-refractivity contribution in [1.82, 2.24) is 30.9 Å². The number of nitrogens with two attached hydrogens (primary N) is 1. The van der Waals surface area contributed by atoms with Gasteiger partial charge in [0.15, 0.2) is 0 Å². The minimum absolute atomic E-state index is 0.0182. The normalized spacial score (nSPS) is 14.3. The Balaban J connectivity index is 1.84. The molecule has 3 amide bonds. The Labute approximate surface area is 223 Å². The van der Waals surface area contributed by atoms with Gasteiger partial charge in [0.2, 0.25) is 17.7 Å². The molecule has 2 heterocycles. The van der Waals surface area contributed by atoms with Crippen LogP contribution in [0.1, 0.15) is 24.6 Å².